The maximum absolute atomic E-state index is 12.3. The molecule has 1 atom stereocenters. The van der Waals surface area contributed by atoms with Gasteiger partial charge in [0.2, 0.25) is 0 Å². The van der Waals surface area contributed by atoms with Gasteiger partial charge in [-0.25, -0.2) is 9.48 Å². The van der Waals surface area contributed by atoms with Crippen LogP contribution in [0.1, 0.15) is 28.9 Å². The number of benzene rings is 2. The number of carbonyl (C=O) groups excluding carboxylic acids is 1. The number of hydrogen-bond donors (Lipinski definition) is 0. The molecule has 1 heterocycles. The van der Waals surface area contributed by atoms with Crippen LogP contribution in [0, 0.1) is 0 Å². The molecule has 142 valence electrons. The molecule has 27 heavy (non-hydrogen) atoms. The zero-order valence-electron chi connectivity index (χ0n) is 14.1. The number of methoxy groups -OCH3 is 1. The Labute approximate surface area is 156 Å². The molecule has 1 aromatic heterocycles. The van der Waals surface area contributed by atoms with Crippen LogP contribution in [0.15, 0.2) is 36.4 Å². The van der Waals surface area contributed by atoms with E-state index in [4.69, 9.17) is 16.3 Å². The molecule has 0 radical (unpaired) electrons. The first kappa shape index (κ1) is 19.0. The van der Waals surface area contributed by atoms with Crippen molar-refractivity contribution in [3.63, 3.8) is 0 Å². The van der Waals surface area contributed by atoms with E-state index in [1.807, 2.05) is 0 Å². The summed E-state index contributed by atoms with van der Waals surface area (Å²) in [6, 6.07) is 7.92. The lowest BCUT2D eigenvalue weighted by Gasteiger charge is -2.15. The highest BCUT2D eigenvalue weighted by atomic mass is 35.5. The van der Waals surface area contributed by atoms with E-state index in [9.17, 15) is 18.0 Å². The third-order valence-corrected chi connectivity index (χ3v) is 4.25. The fourth-order valence-corrected chi connectivity index (χ4v) is 2.84. The maximum atomic E-state index is 12.3. The zero-order chi connectivity index (χ0) is 19.8. The molecule has 0 aliphatic rings. The molecular formula is C17H13ClF3N3O3. The second-order valence-electron chi connectivity index (χ2n) is 5.61. The van der Waals surface area contributed by atoms with Crippen LogP contribution in [0.4, 0.5) is 13.2 Å². The van der Waals surface area contributed by atoms with E-state index in [1.54, 1.807) is 6.92 Å². The predicted octanol–water partition coefficient (Wildman–Crippen LogP) is 4.38. The number of rotatable bonds is 4. The second-order valence-corrected chi connectivity index (χ2v) is 6.02. The Bertz CT molecular complexity index is 987. The number of carbonyl (C=O) groups is 1. The predicted molar refractivity (Wildman–Crippen MR) is 90.8 cm³/mol. The number of ether oxygens (including phenoxy) is 2. The van der Waals surface area contributed by atoms with Crippen LogP contribution in [0.3, 0.4) is 0 Å². The van der Waals surface area contributed by atoms with Gasteiger partial charge in [-0.05, 0) is 36.8 Å². The molecule has 3 aromatic rings. The van der Waals surface area contributed by atoms with Crippen molar-refractivity contribution in [2.24, 2.45) is 0 Å². The Morgan fingerprint density at radius 3 is 2.44 bits per heavy atom. The average Bonchev–Trinajstić information content (AvgIpc) is 3.06. The van der Waals surface area contributed by atoms with Crippen molar-refractivity contribution < 1.29 is 27.4 Å². The minimum atomic E-state index is -4.76. The zero-order valence-corrected chi connectivity index (χ0v) is 14.9. The Morgan fingerprint density at radius 2 is 1.85 bits per heavy atom. The number of alkyl halides is 3. The van der Waals surface area contributed by atoms with Gasteiger partial charge in [0.25, 0.3) is 0 Å². The number of fused-ring (bicyclic) bond motifs is 1. The number of hydrogen-bond acceptors (Lipinski definition) is 5. The highest BCUT2D eigenvalue weighted by Gasteiger charge is 2.31. The third-order valence-electron chi connectivity index (χ3n) is 3.94. The summed E-state index contributed by atoms with van der Waals surface area (Å²) in [6.45, 7) is 1.76. The normalized spacial score (nSPS) is 12.8. The van der Waals surface area contributed by atoms with E-state index in [-0.39, 0.29) is 11.3 Å². The first-order valence-electron chi connectivity index (χ1n) is 7.68. The highest BCUT2D eigenvalue weighted by molar-refractivity contribution is 6.35. The third kappa shape index (κ3) is 3.82. The molecule has 0 saturated heterocycles. The van der Waals surface area contributed by atoms with Crippen molar-refractivity contribution in [2.75, 3.05) is 7.11 Å². The van der Waals surface area contributed by atoms with Crippen LogP contribution < -0.4 is 4.74 Å². The van der Waals surface area contributed by atoms with E-state index in [0.717, 1.165) is 0 Å². The van der Waals surface area contributed by atoms with Gasteiger partial charge in [-0.15, -0.1) is 18.3 Å². The standard InChI is InChI=1S/C17H13ClF3N3O3/c1-9(10-3-5-11(6-4-10)27-17(19,20)21)24-15-12(16(25)26-2)7-8-13(18)14(15)22-23-24/h3-9H,1-2H3. The monoisotopic (exact) mass is 399 g/mol. The molecule has 0 spiro atoms. The van der Waals surface area contributed by atoms with Gasteiger partial charge in [0.05, 0.1) is 23.7 Å². The molecule has 0 N–H and O–H groups in total. The topological polar surface area (TPSA) is 66.2 Å². The van der Waals surface area contributed by atoms with E-state index in [0.29, 0.717) is 21.6 Å². The molecule has 0 aliphatic heterocycles. The molecule has 2 aromatic carbocycles. The van der Waals surface area contributed by atoms with Gasteiger partial charge in [-0.2, -0.15) is 0 Å². The quantitative estimate of drug-likeness (QED) is 0.609. The van der Waals surface area contributed by atoms with E-state index in [2.05, 4.69) is 15.0 Å². The van der Waals surface area contributed by atoms with E-state index < -0.39 is 18.4 Å². The van der Waals surface area contributed by atoms with Crippen molar-refractivity contribution in [3.05, 3.63) is 52.5 Å². The lowest BCUT2D eigenvalue weighted by Crippen LogP contribution is -2.17. The number of esters is 1. The smallest absolute Gasteiger partial charge is 0.465 e. The average molecular weight is 400 g/mol. The summed E-state index contributed by atoms with van der Waals surface area (Å²) in [5, 5.41) is 8.37. The Hall–Kier alpha value is -2.81. The molecule has 0 amide bonds. The fourth-order valence-electron chi connectivity index (χ4n) is 2.65. The molecule has 3 rings (SSSR count). The Kier molecular flexibility index (Phi) is 4.97. The van der Waals surface area contributed by atoms with Crippen molar-refractivity contribution >= 4 is 28.6 Å². The summed E-state index contributed by atoms with van der Waals surface area (Å²) in [6.07, 6.45) is -4.76. The molecule has 10 heteroatoms. The lowest BCUT2D eigenvalue weighted by molar-refractivity contribution is -0.274. The van der Waals surface area contributed by atoms with Gasteiger partial charge in [0.1, 0.15) is 16.8 Å². The SMILES string of the molecule is COC(=O)c1ccc(Cl)c2nnn(C(C)c3ccc(OC(F)(F)F)cc3)c12. The first-order valence-corrected chi connectivity index (χ1v) is 8.06. The molecule has 0 bridgehead atoms. The molecule has 6 nitrogen and oxygen atoms in total. The summed E-state index contributed by atoms with van der Waals surface area (Å²) in [5.41, 5.74) is 1.55. The van der Waals surface area contributed by atoms with Crippen LogP contribution in [-0.4, -0.2) is 34.4 Å². The van der Waals surface area contributed by atoms with Gasteiger partial charge in [0.15, 0.2) is 0 Å². The van der Waals surface area contributed by atoms with Gasteiger partial charge in [0, 0.05) is 0 Å². The highest BCUT2D eigenvalue weighted by Crippen LogP contribution is 2.30. The lowest BCUT2D eigenvalue weighted by atomic mass is 10.1. The van der Waals surface area contributed by atoms with E-state index in [1.165, 1.54) is 48.2 Å². The fraction of sp³-hybridized carbons (Fsp3) is 0.235. The van der Waals surface area contributed by atoms with Gasteiger partial charge in [-0.3, -0.25) is 0 Å². The van der Waals surface area contributed by atoms with Gasteiger partial charge >= 0.3 is 12.3 Å². The summed E-state index contributed by atoms with van der Waals surface area (Å²) < 4.78 is 47.0. The second kappa shape index (κ2) is 7.07. The molecular weight excluding hydrogens is 387 g/mol. The van der Waals surface area contributed by atoms with Crippen LogP contribution >= 0.6 is 11.6 Å². The minimum absolute atomic E-state index is 0.228. The molecule has 0 aliphatic carbocycles. The van der Waals surface area contributed by atoms with Gasteiger partial charge in [-0.1, -0.05) is 28.9 Å². The van der Waals surface area contributed by atoms with Crippen molar-refractivity contribution in [3.8, 4) is 5.75 Å². The Balaban J connectivity index is 2.02. The molecule has 1 unspecified atom stereocenters. The molecule has 0 saturated carbocycles. The van der Waals surface area contributed by atoms with E-state index >= 15 is 0 Å². The maximum Gasteiger partial charge on any atom is 0.573 e. The first-order chi connectivity index (χ1) is 12.7. The number of halogens is 4. The number of nitrogens with zero attached hydrogens (tertiary/aromatic N) is 3. The number of aromatic nitrogens is 3. The summed E-state index contributed by atoms with van der Waals surface area (Å²) >= 11 is 6.13. The van der Waals surface area contributed by atoms with Crippen LogP contribution in [-0.2, 0) is 4.74 Å². The van der Waals surface area contributed by atoms with Gasteiger partial charge < -0.3 is 9.47 Å². The van der Waals surface area contributed by atoms with Crippen molar-refractivity contribution in [1.29, 1.82) is 0 Å². The van der Waals surface area contributed by atoms with Crippen molar-refractivity contribution in [1.82, 2.24) is 15.0 Å². The van der Waals surface area contributed by atoms with Crippen LogP contribution in [0.2, 0.25) is 5.02 Å². The molecule has 0 fully saturated rings. The summed E-state index contributed by atoms with van der Waals surface area (Å²) in [7, 11) is 1.25. The van der Waals surface area contributed by atoms with Crippen molar-refractivity contribution in [2.45, 2.75) is 19.3 Å². The summed E-state index contributed by atoms with van der Waals surface area (Å²) in [5.74, 6) is -0.915. The Morgan fingerprint density at radius 1 is 1.19 bits per heavy atom. The van der Waals surface area contributed by atoms with Crippen LogP contribution in [0.5, 0.6) is 5.75 Å². The largest absolute Gasteiger partial charge is 0.573 e. The summed E-state index contributed by atoms with van der Waals surface area (Å²) in [4.78, 5) is 12.1. The minimum Gasteiger partial charge on any atom is -0.465 e. The van der Waals surface area contributed by atoms with Crippen LogP contribution in [0.25, 0.3) is 11.0 Å².